The summed E-state index contributed by atoms with van der Waals surface area (Å²) in [6.45, 7) is 2.75. The molecule has 0 saturated carbocycles. The van der Waals surface area contributed by atoms with Crippen LogP contribution in [0.3, 0.4) is 0 Å². The number of carbonyl (C=O) groups is 1. The number of rotatable bonds is 5. The molecular formula is C14H18BrNO4S. The molecule has 116 valence electrons. The maximum absolute atomic E-state index is 12.6. The van der Waals surface area contributed by atoms with Gasteiger partial charge < -0.3 is 5.11 Å². The fourth-order valence-electron chi connectivity index (χ4n) is 2.53. The Morgan fingerprint density at radius 3 is 2.81 bits per heavy atom. The molecule has 1 N–H and O–H groups in total. The van der Waals surface area contributed by atoms with E-state index in [4.69, 9.17) is 5.11 Å². The first-order chi connectivity index (χ1) is 9.80. The minimum atomic E-state index is -3.52. The monoisotopic (exact) mass is 375 g/mol. The topological polar surface area (TPSA) is 74.7 Å². The third-order valence-corrected chi connectivity index (χ3v) is 6.56. The van der Waals surface area contributed by atoms with Crippen molar-refractivity contribution < 1.29 is 18.3 Å². The molecule has 0 aromatic heterocycles. The summed E-state index contributed by atoms with van der Waals surface area (Å²) in [5.41, 5.74) is 0.988. The van der Waals surface area contributed by atoms with Gasteiger partial charge in [0.25, 0.3) is 0 Å². The van der Waals surface area contributed by atoms with Crippen LogP contribution in [0.2, 0.25) is 0 Å². The van der Waals surface area contributed by atoms with Gasteiger partial charge in [-0.15, -0.1) is 0 Å². The Bertz CT molecular complexity index is 644. The Balaban J connectivity index is 2.12. The molecule has 1 saturated heterocycles. The number of aryl methyl sites for hydroxylation is 1. The number of carboxylic acids is 1. The van der Waals surface area contributed by atoms with Crippen molar-refractivity contribution in [3.63, 3.8) is 0 Å². The molecule has 0 spiro atoms. The van der Waals surface area contributed by atoms with Crippen molar-refractivity contribution in [1.29, 1.82) is 0 Å². The predicted molar refractivity (Wildman–Crippen MR) is 82.6 cm³/mol. The Morgan fingerprint density at radius 1 is 1.48 bits per heavy atom. The van der Waals surface area contributed by atoms with Gasteiger partial charge in [0.1, 0.15) is 0 Å². The smallest absolute Gasteiger partial charge is 0.303 e. The number of sulfonamides is 1. The molecule has 0 bridgehead atoms. The minimum Gasteiger partial charge on any atom is -0.481 e. The summed E-state index contributed by atoms with van der Waals surface area (Å²) in [4.78, 5) is 10.9. The molecule has 1 heterocycles. The molecule has 1 atom stereocenters. The first-order valence-electron chi connectivity index (χ1n) is 6.79. The standard InChI is InChI=1S/C14H18BrNO4S/c1-10-2-4-13(12(15)8-10)21(19,20)16-7-6-11(9-16)3-5-14(17)18/h2,4,8,11H,3,5-7,9H2,1H3,(H,17,18). The van der Waals surface area contributed by atoms with E-state index < -0.39 is 16.0 Å². The number of carboxylic acid groups (broad SMARTS) is 1. The lowest BCUT2D eigenvalue weighted by Crippen LogP contribution is -2.29. The van der Waals surface area contributed by atoms with E-state index in [0.717, 1.165) is 12.0 Å². The van der Waals surface area contributed by atoms with Crippen LogP contribution < -0.4 is 0 Å². The van der Waals surface area contributed by atoms with Crippen molar-refractivity contribution in [2.24, 2.45) is 5.92 Å². The number of aliphatic carboxylic acids is 1. The summed E-state index contributed by atoms with van der Waals surface area (Å²) in [5.74, 6) is -0.710. The average Bonchev–Trinajstić information content (AvgIpc) is 2.85. The first kappa shape index (κ1) is 16.5. The Morgan fingerprint density at radius 2 is 2.19 bits per heavy atom. The summed E-state index contributed by atoms with van der Waals surface area (Å²) in [6.07, 6.45) is 1.33. The van der Waals surface area contributed by atoms with E-state index in [1.54, 1.807) is 18.2 Å². The normalized spacial score (nSPS) is 19.8. The molecule has 1 aromatic carbocycles. The lowest BCUT2D eigenvalue weighted by atomic mass is 10.0. The summed E-state index contributed by atoms with van der Waals surface area (Å²) in [5, 5.41) is 8.70. The number of nitrogens with zero attached hydrogens (tertiary/aromatic N) is 1. The third kappa shape index (κ3) is 3.84. The van der Waals surface area contributed by atoms with E-state index in [1.165, 1.54) is 4.31 Å². The zero-order valence-electron chi connectivity index (χ0n) is 11.8. The Labute approximate surface area is 133 Å². The van der Waals surface area contributed by atoms with Gasteiger partial charge in [0.15, 0.2) is 0 Å². The van der Waals surface area contributed by atoms with Gasteiger partial charge in [-0.1, -0.05) is 6.07 Å². The average molecular weight is 376 g/mol. The van der Waals surface area contributed by atoms with Crippen molar-refractivity contribution in [2.45, 2.75) is 31.1 Å². The quantitative estimate of drug-likeness (QED) is 0.857. The number of benzene rings is 1. The zero-order chi connectivity index (χ0) is 15.6. The molecule has 0 aliphatic carbocycles. The van der Waals surface area contributed by atoms with E-state index in [0.29, 0.717) is 24.0 Å². The van der Waals surface area contributed by atoms with Gasteiger partial charge in [-0.2, -0.15) is 4.31 Å². The van der Waals surface area contributed by atoms with Crippen LogP contribution in [0.15, 0.2) is 27.6 Å². The van der Waals surface area contributed by atoms with Gasteiger partial charge in [-0.05, 0) is 59.3 Å². The molecule has 1 unspecified atom stereocenters. The number of hydrogen-bond donors (Lipinski definition) is 1. The van der Waals surface area contributed by atoms with Crippen LogP contribution >= 0.6 is 15.9 Å². The van der Waals surface area contributed by atoms with Crippen molar-refractivity contribution in [3.05, 3.63) is 28.2 Å². The molecule has 0 amide bonds. The third-order valence-electron chi connectivity index (χ3n) is 3.72. The minimum absolute atomic E-state index is 0.0901. The van der Waals surface area contributed by atoms with Crippen LogP contribution in [0.4, 0.5) is 0 Å². The van der Waals surface area contributed by atoms with Gasteiger partial charge in [-0.3, -0.25) is 4.79 Å². The maximum Gasteiger partial charge on any atom is 0.303 e. The predicted octanol–water partition coefficient (Wildman–Crippen LogP) is 2.63. The molecular weight excluding hydrogens is 358 g/mol. The molecule has 1 aromatic rings. The second-order valence-corrected chi connectivity index (χ2v) is 8.14. The summed E-state index contributed by atoms with van der Waals surface area (Å²) >= 11 is 3.31. The highest BCUT2D eigenvalue weighted by molar-refractivity contribution is 9.10. The van der Waals surface area contributed by atoms with Crippen LogP contribution in [-0.2, 0) is 14.8 Å². The zero-order valence-corrected chi connectivity index (χ0v) is 14.2. The van der Waals surface area contributed by atoms with Gasteiger partial charge in [0.2, 0.25) is 10.0 Å². The largest absolute Gasteiger partial charge is 0.481 e. The fourth-order valence-corrected chi connectivity index (χ4v) is 5.22. The van der Waals surface area contributed by atoms with Gasteiger partial charge >= 0.3 is 5.97 Å². The van der Waals surface area contributed by atoms with Crippen molar-refractivity contribution in [2.75, 3.05) is 13.1 Å². The lowest BCUT2D eigenvalue weighted by Gasteiger charge is -2.17. The van der Waals surface area contributed by atoms with Gasteiger partial charge in [-0.25, -0.2) is 8.42 Å². The van der Waals surface area contributed by atoms with Gasteiger partial charge in [0, 0.05) is 24.0 Å². The van der Waals surface area contributed by atoms with E-state index in [2.05, 4.69) is 15.9 Å². The Hall–Kier alpha value is -0.920. The van der Waals surface area contributed by atoms with E-state index in [-0.39, 0.29) is 17.2 Å². The highest BCUT2D eigenvalue weighted by Crippen LogP contribution is 2.30. The molecule has 5 nitrogen and oxygen atoms in total. The number of hydrogen-bond acceptors (Lipinski definition) is 3. The van der Waals surface area contributed by atoms with Gasteiger partial charge in [0.05, 0.1) is 4.90 Å². The molecule has 0 radical (unpaired) electrons. The molecule has 7 heteroatoms. The maximum atomic E-state index is 12.6. The second-order valence-electron chi connectivity index (χ2n) is 5.38. The molecule has 2 rings (SSSR count). The SMILES string of the molecule is Cc1ccc(S(=O)(=O)N2CCC(CCC(=O)O)C2)c(Br)c1. The Kier molecular flexibility index (Phi) is 5.06. The van der Waals surface area contributed by atoms with Crippen molar-refractivity contribution in [3.8, 4) is 0 Å². The lowest BCUT2D eigenvalue weighted by molar-refractivity contribution is -0.137. The number of halogens is 1. The molecule has 1 aliphatic heterocycles. The van der Waals surface area contributed by atoms with Crippen LogP contribution in [0, 0.1) is 12.8 Å². The van der Waals surface area contributed by atoms with Crippen LogP contribution in [0.5, 0.6) is 0 Å². The fraction of sp³-hybridized carbons (Fsp3) is 0.500. The summed E-state index contributed by atoms with van der Waals surface area (Å²) < 4.78 is 27.3. The molecule has 1 fully saturated rings. The van der Waals surface area contributed by atoms with Crippen LogP contribution in [0.25, 0.3) is 0 Å². The van der Waals surface area contributed by atoms with Crippen LogP contribution in [-0.4, -0.2) is 36.9 Å². The van der Waals surface area contributed by atoms with Crippen LogP contribution in [0.1, 0.15) is 24.8 Å². The highest BCUT2D eigenvalue weighted by atomic mass is 79.9. The van der Waals surface area contributed by atoms with Crippen molar-refractivity contribution in [1.82, 2.24) is 4.31 Å². The second kappa shape index (κ2) is 6.46. The summed E-state index contributed by atoms with van der Waals surface area (Å²) in [6, 6.07) is 5.17. The van der Waals surface area contributed by atoms with Crippen molar-refractivity contribution >= 4 is 31.9 Å². The highest BCUT2D eigenvalue weighted by Gasteiger charge is 2.33. The molecule has 1 aliphatic rings. The first-order valence-corrected chi connectivity index (χ1v) is 9.02. The summed E-state index contributed by atoms with van der Waals surface area (Å²) in [7, 11) is -3.52. The van der Waals surface area contributed by atoms with E-state index >= 15 is 0 Å². The van der Waals surface area contributed by atoms with E-state index in [9.17, 15) is 13.2 Å². The molecule has 21 heavy (non-hydrogen) atoms. The van der Waals surface area contributed by atoms with E-state index in [1.807, 2.05) is 6.92 Å².